The second-order valence-electron chi connectivity index (χ2n) is 8.14. The maximum atomic E-state index is 13.0. The number of carbonyl (C=O) groups excluding carboxylic acids is 3. The lowest BCUT2D eigenvalue weighted by Gasteiger charge is -2.22. The van der Waals surface area contributed by atoms with Crippen LogP contribution in [0, 0.1) is 0 Å². The third-order valence-electron chi connectivity index (χ3n) is 5.82. The fraction of sp³-hybridized carbons (Fsp3) is 0.318. The lowest BCUT2D eigenvalue weighted by molar-refractivity contribution is -0.133. The molecule has 0 aromatic heterocycles. The molecular formula is C22H23ClN4O5S. The van der Waals surface area contributed by atoms with E-state index in [1.807, 2.05) is 0 Å². The Hall–Kier alpha value is -2.95. The first-order valence-corrected chi connectivity index (χ1v) is 12.2. The molecule has 2 aromatic rings. The number of anilines is 1. The molecule has 2 N–H and O–H groups in total. The van der Waals surface area contributed by atoms with Crippen LogP contribution in [0.2, 0.25) is 5.02 Å². The van der Waals surface area contributed by atoms with Gasteiger partial charge in [-0.3, -0.25) is 14.5 Å². The van der Waals surface area contributed by atoms with Crippen molar-refractivity contribution in [3.8, 4) is 0 Å². The number of halogens is 1. The summed E-state index contributed by atoms with van der Waals surface area (Å²) in [5.41, 5.74) is -0.535. The number of nitrogens with zero attached hydrogens (tertiary/aromatic N) is 2. The lowest BCUT2D eigenvalue weighted by Crippen LogP contribution is -2.42. The van der Waals surface area contributed by atoms with Crippen LogP contribution in [0.15, 0.2) is 53.4 Å². The van der Waals surface area contributed by atoms with E-state index in [1.165, 1.54) is 22.5 Å². The summed E-state index contributed by atoms with van der Waals surface area (Å²) in [5.74, 6) is -1.20. The number of imide groups is 1. The van der Waals surface area contributed by atoms with Crippen molar-refractivity contribution in [3.05, 3.63) is 59.1 Å². The van der Waals surface area contributed by atoms with Gasteiger partial charge in [-0.05, 0) is 55.7 Å². The molecule has 2 aliphatic rings. The van der Waals surface area contributed by atoms with E-state index in [1.54, 1.807) is 37.3 Å². The van der Waals surface area contributed by atoms with E-state index in [4.69, 9.17) is 11.6 Å². The second kappa shape index (κ2) is 8.77. The van der Waals surface area contributed by atoms with E-state index in [0.29, 0.717) is 23.7 Å². The number of nitrogens with one attached hydrogen (secondary N) is 2. The first-order valence-electron chi connectivity index (χ1n) is 10.4. The van der Waals surface area contributed by atoms with Gasteiger partial charge in [0.2, 0.25) is 15.9 Å². The topological polar surface area (TPSA) is 116 Å². The maximum Gasteiger partial charge on any atom is 0.325 e. The number of sulfonamides is 1. The van der Waals surface area contributed by atoms with Crippen molar-refractivity contribution in [2.24, 2.45) is 0 Å². The first kappa shape index (κ1) is 23.2. The molecule has 0 spiro atoms. The van der Waals surface area contributed by atoms with E-state index in [2.05, 4.69) is 10.6 Å². The molecule has 1 unspecified atom stereocenters. The highest BCUT2D eigenvalue weighted by molar-refractivity contribution is 7.89. The fourth-order valence-corrected chi connectivity index (χ4v) is 5.66. The van der Waals surface area contributed by atoms with Gasteiger partial charge in [0.05, 0.1) is 4.90 Å². The van der Waals surface area contributed by atoms with Crippen molar-refractivity contribution >= 4 is 45.2 Å². The fourth-order valence-electron chi connectivity index (χ4n) is 3.98. The van der Waals surface area contributed by atoms with Crippen LogP contribution in [-0.2, 0) is 25.2 Å². The van der Waals surface area contributed by atoms with Gasteiger partial charge in [-0.15, -0.1) is 0 Å². The molecule has 2 heterocycles. The monoisotopic (exact) mass is 490 g/mol. The zero-order chi connectivity index (χ0) is 23.8. The highest BCUT2D eigenvalue weighted by atomic mass is 35.5. The Morgan fingerprint density at radius 1 is 1.12 bits per heavy atom. The summed E-state index contributed by atoms with van der Waals surface area (Å²) in [5, 5.41) is 5.69. The van der Waals surface area contributed by atoms with E-state index in [9.17, 15) is 22.8 Å². The summed E-state index contributed by atoms with van der Waals surface area (Å²) in [6, 6.07) is 11.7. The van der Waals surface area contributed by atoms with Crippen molar-refractivity contribution in [1.29, 1.82) is 0 Å². The SMILES string of the molecule is CC1(c2ccc(Cl)cc2)NC(=O)N(CC(=O)Nc2cccc(S(=O)(=O)N3CCCC3)c2)C1=O. The quantitative estimate of drug-likeness (QED) is 0.604. The van der Waals surface area contributed by atoms with Crippen LogP contribution < -0.4 is 10.6 Å². The second-order valence-corrected chi connectivity index (χ2v) is 10.5. The number of rotatable bonds is 6. The molecular weight excluding hydrogens is 468 g/mol. The lowest BCUT2D eigenvalue weighted by atomic mass is 9.92. The Kier molecular flexibility index (Phi) is 6.17. The average Bonchev–Trinajstić information content (AvgIpc) is 3.39. The van der Waals surface area contributed by atoms with Crippen LogP contribution in [0.25, 0.3) is 0 Å². The standard InChI is InChI=1S/C22H23ClN4O5S/c1-22(15-7-9-16(23)10-8-15)20(29)27(21(30)25-22)14-19(28)24-17-5-4-6-18(13-17)33(31,32)26-11-2-3-12-26/h4-10,13H,2-3,11-12,14H2,1H3,(H,24,28)(H,25,30). The predicted molar refractivity (Wildman–Crippen MR) is 122 cm³/mol. The third-order valence-corrected chi connectivity index (χ3v) is 7.97. The number of amides is 4. The summed E-state index contributed by atoms with van der Waals surface area (Å²) >= 11 is 5.90. The van der Waals surface area contributed by atoms with Crippen LogP contribution in [0.4, 0.5) is 10.5 Å². The van der Waals surface area contributed by atoms with Gasteiger partial charge >= 0.3 is 6.03 Å². The molecule has 0 aliphatic carbocycles. The van der Waals surface area contributed by atoms with E-state index in [-0.39, 0.29) is 10.6 Å². The smallest absolute Gasteiger partial charge is 0.324 e. The summed E-state index contributed by atoms with van der Waals surface area (Å²) in [6.45, 7) is 1.98. The highest BCUT2D eigenvalue weighted by Gasteiger charge is 2.49. The van der Waals surface area contributed by atoms with Gasteiger partial charge in [0.25, 0.3) is 5.91 Å². The molecule has 2 saturated heterocycles. The van der Waals surface area contributed by atoms with E-state index < -0.39 is 40.0 Å². The number of hydrogen-bond donors (Lipinski definition) is 2. The largest absolute Gasteiger partial charge is 0.325 e. The normalized spacial score (nSPS) is 21.3. The number of hydrogen-bond acceptors (Lipinski definition) is 5. The van der Waals surface area contributed by atoms with Gasteiger partial charge in [-0.1, -0.05) is 29.8 Å². The minimum Gasteiger partial charge on any atom is -0.324 e. The molecule has 174 valence electrons. The Morgan fingerprint density at radius 3 is 2.45 bits per heavy atom. The van der Waals surface area contributed by atoms with Crippen molar-refractivity contribution < 1.29 is 22.8 Å². The van der Waals surface area contributed by atoms with E-state index in [0.717, 1.165) is 17.7 Å². The van der Waals surface area contributed by atoms with Gasteiger partial charge in [0.1, 0.15) is 12.1 Å². The van der Waals surface area contributed by atoms with Crippen molar-refractivity contribution in [1.82, 2.24) is 14.5 Å². The van der Waals surface area contributed by atoms with Gasteiger partial charge in [0, 0.05) is 23.8 Å². The average molecular weight is 491 g/mol. The molecule has 4 amide bonds. The summed E-state index contributed by atoms with van der Waals surface area (Å²) in [7, 11) is -3.64. The van der Waals surface area contributed by atoms with Gasteiger partial charge < -0.3 is 10.6 Å². The van der Waals surface area contributed by atoms with Crippen LogP contribution in [-0.4, -0.2) is 55.1 Å². The van der Waals surface area contributed by atoms with Crippen molar-refractivity contribution in [3.63, 3.8) is 0 Å². The van der Waals surface area contributed by atoms with Gasteiger partial charge in [-0.2, -0.15) is 4.31 Å². The van der Waals surface area contributed by atoms with Crippen LogP contribution >= 0.6 is 11.6 Å². The summed E-state index contributed by atoms with van der Waals surface area (Å²) < 4.78 is 26.9. The minimum atomic E-state index is -3.64. The number of benzene rings is 2. The van der Waals surface area contributed by atoms with E-state index >= 15 is 0 Å². The first-order chi connectivity index (χ1) is 15.6. The molecule has 1 atom stereocenters. The highest BCUT2D eigenvalue weighted by Crippen LogP contribution is 2.30. The van der Waals surface area contributed by atoms with Crippen molar-refractivity contribution in [2.45, 2.75) is 30.2 Å². The molecule has 11 heteroatoms. The summed E-state index contributed by atoms with van der Waals surface area (Å²) in [6.07, 6.45) is 1.63. The third kappa shape index (κ3) is 4.46. The molecule has 2 fully saturated rings. The molecule has 33 heavy (non-hydrogen) atoms. The summed E-state index contributed by atoms with van der Waals surface area (Å²) in [4.78, 5) is 39.0. The van der Waals surface area contributed by atoms with Crippen molar-refractivity contribution in [2.75, 3.05) is 25.0 Å². The Morgan fingerprint density at radius 2 is 1.79 bits per heavy atom. The molecule has 0 bridgehead atoms. The zero-order valence-corrected chi connectivity index (χ0v) is 19.4. The predicted octanol–water partition coefficient (Wildman–Crippen LogP) is 2.53. The van der Waals surface area contributed by atoms with Gasteiger partial charge in [0.15, 0.2) is 0 Å². The van der Waals surface area contributed by atoms with Crippen LogP contribution in [0.1, 0.15) is 25.3 Å². The molecule has 4 rings (SSSR count). The molecule has 9 nitrogen and oxygen atoms in total. The van der Waals surface area contributed by atoms with Crippen LogP contribution in [0.5, 0.6) is 0 Å². The van der Waals surface area contributed by atoms with Crippen LogP contribution in [0.3, 0.4) is 0 Å². The molecule has 2 aromatic carbocycles. The zero-order valence-electron chi connectivity index (χ0n) is 17.9. The number of carbonyl (C=O) groups is 3. The Bertz CT molecular complexity index is 1210. The minimum absolute atomic E-state index is 0.0764. The molecule has 2 aliphatic heterocycles. The maximum absolute atomic E-state index is 13.0. The molecule has 0 saturated carbocycles. The molecule has 0 radical (unpaired) electrons. The Labute approximate surface area is 196 Å². The number of urea groups is 1. The Balaban J connectivity index is 1.46. The van der Waals surface area contributed by atoms with Gasteiger partial charge in [-0.25, -0.2) is 13.2 Å².